The van der Waals surface area contributed by atoms with Gasteiger partial charge in [0.1, 0.15) is 11.8 Å². The van der Waals surface area contributed by atoms with Crippen LogP contribution in [0.3, 0.4) is 0 Å². The molecule has 1 atom stereocenters. The normalized spacial score (nSPS) is 15.8. The second-order valence-corrected chi connectivity index (χ2v) is 6.94. The molecule has 2 aromatic rings. The van der Waals surface area contributed by atoms with E-state index in [-0.39, 0.29) is 18.9 Å². The molecule has 7 heteroatoms. The van der Waals surface area contributed by atoms with Gasteiger partial charge in [0.2, 0.25) is 5.91 Å². The second kappa shape index (κ2) is 8.73. The number of esters is 1. The first-order valence-electron chi connectivity index (χ1n) is 9.46. The molecule has 1 fully saturated rings. The molecule has 0 aromatic heterocycles. The van der Waals surface area contributed by atoms with Gasteiger partial charge in [-0.25, -0.2) is 4.90 Å². The summed E-state index contributed by atoms with van der Waals surface area (Å²) in [6.45, 7) is 6.92. The highest BCUT2D eigenvalue weighted by molar-refractivity contribution is 6.23. The Bertz CT molecular complexity index is 1010. The van der Waals surface area contributed by atoms with E-state index in [2.05, 4.69) is 6.58 Å². The number of hydrogen-bond acceptors (Lipinski definition) is 5. The van der Waals surface area contributed by atoms with Crippen LogP contribution >= 0.6 is 0 Å². The lowest BCUT2D eigenvalue weighted by atomic mass is 10.1. The van der Waals surface area contributed by atoms with Gasteiger partial charge in [0.15, 0.2) is 0 Å². The zero-order valence-electron chi connectivity index (χ0n) is 16.8. The molecule has 1 aliphatic heterocycles. The maximum Gasteiger partial charge on any atom is 0.308 e. The Labute approximate surface area is 174 Å². The summed E-state index contributed by atoms with van der Waals surface area (Å²) in [7, 11) is 0. The summed E-state index contributed by atoms with van der Waals surface area (Å²) in [5.41, 5.74) is 1.61. The largest absolute Gasteiger partial charge is 0.427 e. The van der Waals surface area contributed by atoms with Crippen LogP contribution in [0.15, 0.2) is 61.2 Å². The minimum Gasteiger partial charge on any atom is -0.427 e. The van der Waals surface area contributed by atoms with Crippen LogP contribution in [0.25, 0.3) is 0 Å². The Morgan fingerprint density at radius 1 is 1.17 bits per heavy atom. The van der Waals surface area contributed by atoms with Crippen molar-refractivity contribution in [1.82, 2.24) is 4.90 Å². The third-order valence-corrected chi connectivity index (χ3v) is 4.82. The fourth-order valence-electron chi connectivity index (χ4n) is 3.42. The molecule has 0 bridgehead atoms. The number of amides is 3. The molecule has 1 unspecified atom stereocenters. The van der Waals surface area contributed by atoms with Crippen molar-refractivity contribution >= 4 is 29.4 Å². The summed E-state index contributed by atoms with van der Waals surface area (Å²) in [6.07, 6.45) is 1.42. The number of carbonyl (C=O) groups excluding carboxylic acids is 4. The van der Waals surface area contributed by atoms with E-state index in [1.54, 1.807) is 12.1 Å². The third-order valence-electron chi connectivity index (χ3n) is 4.82. The summed E-state index contributed by atoms with van der Waals surface area (Å²) < 4.78 is 4.98. The van der Waals surface area contributed by atoms with Crippen LogP contribution in [0.2, 0.25) is 0 Å². The molecule has 1 heterocycles. The van der Waals surface area contributed by atoms with Crippen molar-refractivity contribution in [2.24, 2.45) is 0 Å². The molecule has 30 heavy (non-hydrogen) atoms. The minimum absolute atomic E-state index is 0.115. The molecule has 2 aromatic carbocycles. The summed E-state index contributed by atoms with van der Waals surface area (Å²) >= 11 is 0. The molecule has 7 nitrogen and oxygen atoms in total. The van der Waals surface area contributed by atoms with E-state index < -0.39 is 23.8 Å². The highest BCUT2D eigenvalue weighted by atomic mass is 16.5. The summed E-state index contributed by atoms with van der Waals surface area (Å²) in [5, 5.41) is 0. The molecular weight excluding hydrogens is 384 g/mol. The molecule has 3 rings (SSSR count). The van der Waals surface area contributed by atoms with Gasteiger partial charge < -0.3 is 9.64 Å². The van der Waals surface area contributed by atoms with E-state index in [9.17, 15) is 19.2 Å². The maximum absolute atomic E-state index is 13.1. The molecule has 0 N–H and O–H groups in total. The number of imide groups is 1. The van der Waals surface area contributed by atoms with Crippen molar-refractivity contribution in [2.45, 2.75) is 26.3 Å². The van der Waals surface area contributed by atoms with E-state index in [1.807, 2.05) is 19.1 Å². The summed E-state index contributed by atoms with van der Waals surface area (Å²) in [5.74, 6) is -1.37. The average molecular weight is 406 g/mol. The molecule has 154 valence electrons. The van der Waals surface area contributed by atoms with Gasteiger partial charge in [-0.05, 0) is 42.8 Å². The van der Waals surface area contributed by atoms with Crippen LogP contribution in [0.5, 0.6) is 5.75 Å². The maximum atomic E-state index is 13.1. The van der Waals surface area contributed by atoms with Crippen molar-refractivity contribution in [3.8, 4) is 5.75 Å². The lowest BCUT2D eigenvalue weighted by Gasteiger charge is -2.27. The van der Waals surface area contributed by atoms with Crippen LogP contribution in [-0.2, 0) is 14.4 Å². The number of hydrogen-bond donors (Lipinski definition) is 0. The van der Waals surface area contributed by atoms with Crippen molar-refractivity contribution in [2.75, 3.05) is 11.4 Å². The van der Waals surface area contributed by atoms with Gasteiger partial charge in [0, 0.05) is 19.0 Å². The lowest BCUT2D eigenvalue weighted by Crippen LogP contribution is -2.45. The molecule has 1 saturated heterocycles. The standard InChI is InChI=1S/C23H22N2O5/c1-4-13-24(22(28)19-8-6-5-7-15(19)2)20-14-21(27)25(23(20)29)17-9-11-18(12-10-17)30-16(3)26/h4-12,20H,1,13-14H2,2-3H3. The SMILES string of the molecule is C=CCN(C(=O)c1ccccc1C)C1CC(=O)N(c2ccc(OC(C)=O)cc2)C1=O. The highest BCUT2D eigenvalue weighted by Gasteiger charge is 2.44. The lowest BCUT2D eigenvalue weighted by molar-refractivity contribution is -0.132. The molecule has 0 spiro atoms. The fourth-order valence-corrected chi connectivity index (χ4v) is 3.42. The second-order valence-electron chi connectivity index (χ2n) is 6.94. The van der Waals surface area contributed by atoms with E-state index in [0.29, 0.717) is 17.0 Å². The van der Waals surface area contributed by atoms with Crippen molar-refractivity contribution in [3.05, 3.63) is 72.3 Å². The van der Waals surface area contributed by atoms with Crippen LogP contribution in [0.1, 0.15) is 29.3 Å². The van der Waals surface area contributed by atoms with Crippen molar-refractivity contribution < 1.29 is 23.9 Å². The number of nitrogens with zero attached hydrogens (tertiary/aromatic N) is 2. The molecule has 3 amide bonds. The Morgan fingerprint density at radius 3 is 2.43 bits per heavy atom. The number of ether oxygens (including phenoxy) is 1. The smallest absolute Gasteiger partial charge is 0.308 e. The van der Waals surface area contributed by atoms with Gasteiger partial charge in [0.05, 0.1) is 12.1 Å². The Kier molecular flexibility index (Phi) is 6.11. The Hall–Kier alpha value is -3.74. The summed E-state index contributed by atoms with van der Waals surface area (Å²) in [6, 6.07) is 12.2. The van der Waals surface area contributed by atoms with Gasteiger partial charge in [0.25, 0.3) is 11.8 Å². The topological polar surface area (TPSA) is 84.0 Å². The van der Waals surface area contributed by atoms with Crippen molar-refractivity contribution in [3.63, 3.8) is 0 Å². The van der Waals surface area contributed by atoms with Crippen LogP contribution in [0, 0.1) is 6.92 Å². The van der Waals surface area contributed by atoms with E-state index in [1.165, 1.54) is 42.2 Å². The van der Waals surface area contributed by atoms with Gasteiger partial charge >= 0.3 is 5.97 Å². The van der Waals surface area contributed by atoms with Crippen LogP contribution in [-0.4, -0.2) is 41.2 Å². The first-order chi connectivity index (χ1) is 14.3. The first-order valence-corrected chi connectivity index (χ1v) is 9.46. The zero-order valence-corrected chi connectivity index (χ0v) is 16.8. The van der Waals surface area contributed by atoms with E-state index >= 15 is 0 Å². The highest BCUT2D eigenvalue weighted by Crippen LogP contribution is 2.28. The number of rotatable bonds is 6. The predicted molar refractivity (Wildman–Crippen MR) is 111 cm³/mol. The number of carbonyl (C=O) groups is 4. The minimum atomic E-state index is -0.921. The average Bonchev–Trinajstić information content (AvgIpc) is 3.00. The predicted octanol–water partition coefficient (Wildman–Crippen LogP) is 2.88. The van der Waals surface area contributed by atoms with Crippen molar-refractivity contribution in [1.29, 1.82) is 0 Å². The fraction of sp³-hybridized carbons (Fsp3) is 0.217. The van der Waals surface area contributed by atoms with E-state index in [4.69, 9.17) is 4.74 Å². The summed E-state index contributed by atoms with van der Waals surface area (Å²) in [4.78, 5) is 52.4. The quantitative estimate of drug-likeness (QED) is 0.319. The van der Waals surface area contributed by atoms with Crippen LogP contribution in [0.4, 0.5) is 5.69 Å². The van der Waals surface area contributed by atoms with Gasteiger partial charge in [-0.1, -0.05) is 24.3 Å². The Balaban J connectivity index is 1.87. The zero-order chi connectivity index (χ0) is 21.8. The number of aryl methyl sites for hydroxylation is 1. The van der Waals surface area contributed by atoms with Gasteiger partial charge in [-0.3, -0.25) is 19.2 Å². The van der Waals surface area contributed by atoms with Gasteiger partial charge in [-0.2, -0.15) is 0 Å². The van der Waals surface area contributed by atoms with Crippen LogP contribution < -0.4 is 9.64 Å². The number of benzene rings is 2. The molecule has 0 saturated carbocycles. The third kappa shape index (κ3) is 4.15. The van der Waals surface area contributed by atoms with Gasteiger partial charge in [-0.15, -0.1) is 6.58 Å². The Morgan fingerprint density at radius 2 is 1.83 bits per heavy atom. The van der Waals surface area contributed by atoms with E-state index in [0.717, 1.165) is 10.5 Å². The molecule has 1 aliphatic rings. The monoisotopic (exact) mass is 406 g/mol. The molecule has 0 radical (unpaired) electrons. The molecular formula is C23H22N2O5. The number of anilines is 1. The first kappa shape index (κ1) is 21.0. The molecule has 0 aliphatic carbocycles.